The zero-order valence-corrected chi connectivity index (χ0v) is 11.0. The highest BCUT2D eigenvalue weighted by Gasteiger charge is 2.53. The van der Waals surface area contributed by atoms with Crippen molar-refractivity contribution in [2.24, 2.45) is 11.1 Å². The zero-order chi connectivity index (χ0) is 12.4. The Balaban J connectivity index is 3.05. The molecule has 1 rings (SSSR count). The summed E-state index contributed by atoms with van der Waals surface area (Å²) in [5, 5.41) is 10.7. The maximum atomic E-state index is 11.6. The largest absolute Gasteiger partial charge is 0.389 e. The Morgan fingerprint density at radius 3 is 2.38 bits per heavy atom. The molecule has 1 aliphatic rings. The van der Waals surface area contributed by atoms with Crippen molar-refractivity contribution in [2.75, 3.05) is 18.1 Å². The summed E-state index contributed by atoms with van der Waals surface area (Å²) in [5.41, 5.74) is 4.20. The van der Waals surface area contributed by atoms with Crippen LogP contribution in [0.4, 0.5) is 0 Å². The number of sulfone groups is 1. The smallest absolute Gasteiger partial charge is 0.151 e. The van der Waals surface area contributed by atoms with Crippen molar-refractivity contribution >= 4 is 9.84 Å². The molecule has 0 aromatic rings. The highest BCUT2D eigenvalue weighted by molar-refractivity contribution is 7.91. The van der Waals surface area contributed by atoms with E-state index in [1.54, 1.807) is 0 Å². The SMILES string of the molecule is CCCC(O)(CC)C1(CN)CCS(=O)(=O)C1. The average molecular weight is 249 g/mol. The molecule has 96 valence electrons. The molecule has 0 aromatic heterocycles. The van der Waals surface area contributed by atoms with E-state index in [0.29, 0.717) is 19.3 Å². The Labute approximate surface area is 98.1 Å². The van der Waals surface area contributed by atoms with E-state index in [1.165, 1.54) is 0 Å². The van der Waals surface area contributed by atoms with Crippen molar-refractivity contribution < 1.29 is 13.5 Å². The number of hydrogen-bond donors (Lipinski definition) is 2. The Kier molecular flexibility index (Phi) is 4.03. The third kappa shape index (κ3) is 2.26. The van der Waals surface area contributed by atoms with Gasteiger partial charge in [0.2, 0.25) is 0 Å². The van der Waals surface area contributed by atoms with E-state index in [2.05, 4.69) is 0 Å². The summed E-state index contributed by atoms with van der Waals surface area (Å²) in [4.78, 5) is 0. The van der Waals surface area contributed by atoms with Gasteiger partial charge in [-0.1, -0.05) is 20.3 Å². The van der Waals surface area contributed by atoms with E-state index < -0.39 is 20.9 Å². The zero-order valence-electron chi connectivity index (χ0n) is 10.2. The third-order valence-corrected chi connectivity index (χ3v) is 5.83. The maximum Gasteiger partial charge on any atom is 0.151 e. The molecule has 0 amide bonds. The second-order valence-corrected chi connectivity index (χ2v) is 7.15. The first-order chi connectivity index (χ1) is 7.35. The van der Waals surface area contributed by atoms with E-state index in [4.69, 9.17) is 5.73 Å². The summed E-state index contributed by atoms with van der Waals surface area (Å²) >= 11 is 0. The summed E-state index contributed by atoms with van der Waals surface area (Å²) < 4.78 is 23.2. The first-order valence-electron chi connectivity index (χ1n) is 5.97. The van der Waals surface area contributed by atoms with Gasteiger partial charge >= 0.3 is 0 Å². The molecule has 3 N–H and O–H groups in total. The molecule has 5 heteroatoms. The van der Waals surface area contributed by atoms with E-state index >= 15 is 0 Å². The topological polar surface area (TPSA) is 80.4 Å². The normalized spacial score (nSPS) is 32.5. The molecular weight excluding hydrogens is 226 g/mol. The van der Waals surface area contributed by atoms with Crippen LogP contribution in [0.3, 0.4) is 0 Å². The first-order valence-corrected chi connectivity index (χ1v) is 7.80. The van der Waals surface area contributed by atoms with Gasteiger partial charge in [-0.15, -0.1) is 0 Å². The van der Waals surface area contributed by atoms with Crippen molar-refractivity contribution in [3.05, 3.63) is 0 Å². The van der Waals surface area contributed by atoms with E-state index in [0.717, 1.165) is 6.42 Å². The molecule has 2 unspecified atom stereocenters. The van der Waals surface area contributed by atoms with Gasteiger partial charge in [-0.05, 0) is 19.3 Å². The number of hydrogen-bond acceptors (Lipinski definition) is 4. The lowest BCUT2D eigenvalue weighted by Crippen LogP contribution is -2.53. The lowest BCUT2D eigenvalue weighted by molar-refractivity contribution is -0.0778. The quantitative estimate of drug-likeness (QED) is 0.751. The summed E-state index contributed by atoms with van der Waals surface area (Å²) in [6.45, 7) is 4.14. The molecule has 0 aromatic carbocycles. The molecule has 0 spiro atoms. The molecule has 1 fully saturated rings. The van der Waals surface area contributed by atoms with Gasteiger partial charge in [-0.25, -0.2) is 8.42 Å². The summed E-state index contributed by atoms with van der Waals surface area (Å²) in [5.74, 6) is 0.205. The molecular formula is C11H23NO3S. The summed E-state index contributed by atoms with van der Waals surface area (Å²) in [7, 11) is -3.02. The van der Waals surface area contributed by atoms with Crippen molar-refractivity contribution in [3.63, 3.8) is 0 Å². The third-order valence-electron chi connectivity index (χ3n) is 4.01. The summed E-state index contributed by atoms with van der Waals surface area (Å²) in [6, 6.07) is 0. The van der Waals surface area contributed by atoms with E-state index in [9.17, 15) is 13.5 Å². The predicted molar refractivity (Wildman–Crippen MR) is 64.9 cm³/mol. The van der Waals surface area contributed by atoms with Crippen LogP contribution in [0.25, 0.3) is 0 Å². The molecule has 0 saturated carbocycles. The van der Waals surface area contributed by atoms with Crippen molar-refractivity contribution in [1.29, 1.82) is 0 Å². The number of nitrogens with two attached hydrogens (primary N) is 1. The average Bonchev–Trinajstić information content (AvgIpc) is 2.56. The molecule has 1 saturated heterocycles. The van der Waals surface area contributed by atoms with Crippen molar-refractivity contribution in [1.82, 2.24) is 0 Å². The Morgan fingerprint density at radius 2 is 2.06 bits per heavy atom. The van der Waals surface area contributed by atoms with Gasteiger partial charge in [0.15, 0.2) is 9.84 Å². The van der Waals surface area contributed by atoms with Crippen LogP contribution in [-0.2, 0) is 9.84 Å². The number of aliphatic hydroxyl groups is 1. The van der Waals surface area contributed by atoms with E-state index in [-0.39, 0.29) is 18.1 Å². The molecule has 4 nitrogen and oxygen atoms in total. The minimum Gasteiger partial charge on any atom is -0.389 e. The predicted octanol–water partition coefficient (Wildman–Crippen LogP) is 0.691. The van der Waals surface area contributed by atoms with Crippen LogP contribution in [0.2, 0.25) is 0 Å². The minimum absolute atomic E-state index is 0.0425. The standard InChI is InChI=1S/C11H23NO3S/c1-3-5-11(13,4-2)10(8-12)6-7-16(14,15)9-10/h13H,3-9,12H2,1-2H3. The lowest BCUT2D eigenvalue weighted by Gasteiger charge is -2.43. The Bertz CT molecular complexity index is 341. The maximum absolute atomic E-state index is 11.6. The highest BCUT2D eigenvalue weighted by Crippen LogP contribution is 2.45. The molecule has 0 bridgehead atoms. The van der Waals surface area contributed by atoms with Gasteiger partial charge in [0.1, 0.15) is 0 Å². The van der Waals surface area contributed by atoms with Gasteiger partial charge < -0.3 is 10.8 Å². The van der Waals surface area contributed by atoms with Gasteiger partial charge in [-0.2, -0.15) is 0 Å². The molecule has 2 atom stereocenters. The van der Waals surface area contributed by atoms with Crippen LogP contribution in [0, 0.1) is 5.41 Å². The van der Waals surface area contributed by atoms with Crippen LogP contribution in [0.1, 0.15) is 39.5 Å². The Hall–Kier alpha value is -0.130. The molecule has 16 heavy (non-hydrogen) atoms. The van der Waals surface area contributed by atoms with Gasteiger partial charge in [0, 0.05) is 12.0 Å². The highest BCUT2D eigenvalue weighted by atomic mass is 32.2. The van der Waals surface area contributed by atoms with Crippen molar-refractivity contribution in [3.8, 4) is 0 Å². The van der Waals surface area contributed by atoms with Gasteiger partial charge in [-0.3, -0.25) is 0 Å². The van der Waals surface area contributed by atoms with Crippen LogP contribution < -0.4 is 5.73 Å². The first kappa shape index (κ1) is 13.9. The van der Waals surface area contributed by atoms with Gasteiger partial charge in [0.25, 0.3) is 0 Å². The fourth-order valence-electron chi connectivity index (χ4n) is 2.86. The van der Waals surface area contributed by atoms with Gasteiger partial charge in [0.05, 0.1) is 17.1 Å². The molecule has 1 aliphatic heterocycles. The Morgan fingerprint density at radius 1 is 1.44 bits per heavy atom. The second kappa shape index (κ2) is 4.63. The molecule has 0 aliphatic carbocycles. The lowest BCUT2D eigenvalue weighted by atomic mass is 9.68. The van der Waals surface area contributed by atoms with Crippen LogP contribution in [0.15, 0.2) is 0 Å². The number of rotatable bonds is 5. The minimum atomic E-state index is -3.02. The second-order valence-electron chi connectivity index (χ2n) is 4.96. The monoisotopic (exact) mass is 249 g/mol. The van der Waals surface area contributed by atoms with E-state index in [1.807, 2.05) is 13.8 Å². The molecule has 0 radical (unpaired) electrons. The van der Waals surface area contributed by atoms with Crippen LogP contribution in [-0.4, -0.2) is 37.2 Å². The fourth-order valence-corrected chi connectivity index (χ4v) is 5.08. The fraction of sp³-hybridized carbons (Fsp3) is 1.00. The van der Waals surface area contributed by atoms with Crippen LogP contribution >= 0.6 is 0 Å². The van der Waals surface area contributed by atoms with Crippen LogP contribution in [0.5, 0.6) is 0 Å². The van der Waals surface area contributed by atoms with Crippen molar-refractivity contribution in [2.45, 2.75) is 45.1 Å². The molecule has 1 heterocycles. The summed E-state index contributed by atoms with van der Waals surface area (Å²) in [6.07, 6.45) is 2.52.